The molecule has 36 heavy (non-hydrogen) atoms. The first kappa shape index (κ1) is 24.9. The van der Waals surface area contributed by atoms with Crippen molar-refractivity contribution < 1.29 is 19.1 Å². The van der Waals surface area contributed by atoms with Gasteiger partial charge in [-0.3, -0.25) is 4.79 Å². The highest BCUT2D eigenvalue weighted by molar-refractivity contribution is 6.06. The predicted molar refractivity (Wildman–Crippen MR) is 144 cm³/mol. The Morgan fingerprint density at radius 3 is 2.03 bits per heavy atom. The zero-order valence-electron chi connectivity index (χ0n) is 20.7. The second-order valence-corrected chi connectivity index (χ2v) is 8.63. The van der Waals surface area contributed by atoms with E-state index in [2.05, 4.69) is 20.9 Å². The number of urea groups is 1. The number of carbonyl (C=O) groups excluding carboxylic acids is 2. The molecule has 0 aromatic heterocycles. The van der Waals surface area contributed by atoms with Crippen molar-refractivity contribution in [3.8, 4) is 11.5 Å². The van der Waals surface area contributed by atoms with Gasteiger partial charge in [0.25, 0.3) is 5.91 Å². The first-order valence-corrected chi connectivity index (χ1v) is 12.1. The summed E-state index contributed by atoms with van der Waals surface area (Å²) in [4.78, 5) is 28.0. The molecule has 0 saturated carbocycles. The monoisotopic (exact) mass is 488 g/mol. The van der Waals surface area contributed by atoms with E-state index in [1.165, 1.54) is 12.8 Å². The quantitative estimate of drug-likeness (QED) is 0.380. The van der Waals surface area contributed by atoms with Crippen LogP contribution in [0.1, 0.15) is 36.0 Å². The third-order valence-electron chi connectivity index (χ3n) is 6.09. The Hall–Kier alpha value is -4.20. The van der Waals surface area contributed by atoms with Crippen LogP contribution in [-0.4, -0.2) is 39.2 Å². The van der Waals surface area contributed by atoms with Gasteiger partial charge in [0.05, 0.1) is 25.6 Å². The lowest BCUT2D eigenvalue weighted by Crippen LogP contribution is -2.27. The van der Waals surface area contributed by atoms with Gasteiger partial charge in [0.15, 0.2) is 0 Å². The molecule has 0 atom stereocenters. The van der Waals surface area contributed by atoms with Gasteiger partial charge in [-0.25, -0.2) is 4.79 Å². The Kier molecular flexibility index (Phi) is 8.28. The van der Waals surface area contributed by atoms with E-state index in [4.69, 9.17) is 9.47 Å². The average molecular weight is 489 g/mol. The third-order valence-corrected chi connectivity index (χ3v) is 6.09. The molecule has 3 amide bonds. The van der Waals surface area contributed by atoms with Crippen LogP contribution in [0.5, 0.6) is 11.5 Å². The predicted octanol–water partition coefficient (Wildman–Crippen LogP) is 5.98. The number of nitrogens with one attached hydrogen (secondary N) is 3. The summed E-state index contributed by atoms with van der Waals surface area (Å²) in [5.41, 5.74) is 3.24. The fourth-order valence-electron chi connectivity index (χ4n) is 4.26. The molecule has 4 rings (SSSR count). The number of amides is 3. The number of hydrogen-bond acceptors (Lipinski definition) is 5. The van der Waals surface area contributed by atoms with Gasteiger partial charge < -0.3 is 30.3 Å². The minimum absolute atomic E-state index is 0.211. The molecule has 3 aromatic carbocycles. The standard InChI is InChI=1S/C28H32N4O4/c1-35-23-16-22(17-24(19-23)36-2)30-28(34)31-25-18-21(29-27(33)20-10-6-5-7-11-20)12-13-26(25)32-14-8-3-4-9-15-32/h5-7,10-13,16-19H,3-4,8-9,14-15H2,1-2H3,(H,29,33)(H2,30,31,34). The molecule has 3 N–H and O–H groups in total. The highest BCUT2D eigenvalue weighted by Crippen LogP contribution is 2.32. The summed E-state index contributed by atoms with van der Waals surface area (Å²) >= 11 is 0. The van der Waals surface area contributed by atoms with E-state index in [1.807, 2.05) is 30.3 Å². The van der Waals surface area contributed by atoms with Gasteiger partial charge in [-0.15, -0.1) is 0 Å². The molecular formula is C28H32N4O4. The minimum Gasteiger partial charge on any atom is -0.497 e. The van der Waals surface area contributed by atoms with E-state index < -0.39 is 6.03 Å². The number of nitrogens with zero attached hydrogens (tertiary/aromatic N) is 1. The molecular weight excluding hydrogens is 456 g/mol. The fraction of sp³-hybridized carbons (Fsp3) is 0.286. The molecule has 188 valence electrons. The summed E-state index contributed by atoms with van der Waals surface area (Å²) in [5, 5.41) is 8.76. The Bertz CT molecular complexity index is 1170. The minimum atomic E-state index is -0.409. The largest absolute Gasteiger partial charge is 0.497 e. The van der Waals surface area contributed by atoms with Gasteiger partial charge in [0.2, 0.25) is 0 Å². The maximum absolute atomic E-state index is 13.0. The lowest BCUT2D eigenvalue weighted by molar-refractivity contribution is 0.102. The van der Waals surface area contributed by atoms with E-state index in [1.54, 1.807) is 50.6 Å². The third kappa shape index (κ3) is 6.47. The topological polar surface area (TPSA) is 91.9 Å². The first-order valence-electron chi connectivity index (χ1n) is 12.1. The fourth-order valence-corrected chi connectivity index (χ4v) is 4.26. The van der Waals surface area contributed by atoms with Crippen molar-refractivity contribution in [3.05, 3.63) is 72.3 Å². The molecule has 1 fully saturated rings. The van der Waals surface area contributed by atoms with Crippen molar-refractivity contribution in [1.29, 1.82) is 0 Å². The van der Waals surface area contributed by atoms with Crippen molar-refractivity contribution in [1.82, 2.24) is 0 Å². The van der Waals surface area contributed by atoms with Crippen LogP contribution in [0.3, 0.4) is 0 Å². The summed E-state index contributed by atoms with van der Waals surface area (Å²) in [7, 11) is 3.11. The van der Waals surface area contributed by atoms with Crippen LogP contribution < -0.4 is 30.3 Å². The summed E-state index contributed by atoms with van der Waals surface area (Å²) < 4.78 is 10.6. The van der Waals surface area contributed by atoms with Gasteiger partial charge in [-0.2, -0.15) is 0 Å². The number of ether oxygens (including phenoxy) is 2. The molecule has 0 bridgehead atoms. The lowest BCUT2D eigenvalue weighted by atomic mass is 10.1. The highest BCUT2D eigenvalue weighted by Gasteiger charge is 2.17. The Morgan fingerprint density at radius 2 is 1.39 bits per heavy atom. The zero-order chi connectivity index (χ0) is 25.3. The van der Waals surface area contributed by atoms with Crippen molar-refractivity contribution in [2.24, 2.45) is 0 Å². The van der Waals surface area contributed by atoms with E-state index in [0.29, 0.717) is 34.1 Å². The number of carbonyl (C=O) groups is 2. The van der Waals surface area contributed by atoms with Gasteiger partial charge in [0, 0.05) is 48.2 Å². The SMILES string of the molecule is COc1cc(NC(=O)Nc2cc(NC(=O)c3ccccc3)ccc2N2CCCCCC2)cc(OC)c1. The number of hydrogen-bond donors (Lipinski definition) is 3. The molecule has 8 heteroatoms. The van der Waals surface area contributed by atoms with Crippen LogP contribution in [0.4, 0.5) is 27.5 Å². The van der Waals surface area contributed by atoms with E-state index in [-0.39, 0.29) is 5.91 Å². The van der Waals surface area contributed by atoms with E-state index in [9.17, 15) is 9.59 Å². The van der Waals surface area contributed by atoms with Crippen LogP contribution in [0.25, 0.3) is 0 Å². The normalized spacial score (nSPS) is 13.3. The smallest absolute Gasteiger partial charge is 0.323 e. The zero-order valence-corrected chi connectivity index (χ0v) is 20.7. The highest BCUT2D eigenvalue weighted by atomic mass is 16.5. The van der Waals surface area contributed by atoms with E-state index >= 15 is 0 Å². The molecule has 0 spiro atoms. The Balaban J connectivity index is 1.57. The molecule has 3 aromatic rings. The van der Waals surface area contributed by atoms with Crippen molar-refractivity contribution in [2.45, 2.75) is 25.7 Å². The van der Waals surface area contributed by atoms with Crippen molar-refractivity contribution >= 4 is 34.7 Å². The molecule has 0 aliphatic carbocycles. The van der Waals surface area contributed by atoms with Crippen molar-refractivity contribution in [2.75, 3.05) is 48.2 Å². The molecule has 1 saturated heterocycles. The van der Waals surface area contributed by atoms with Crippen LogP contribution in [0.2, 0.25) is 0 Å². The molecule has 0 radical (unpaired) electrons. The summed E-state index contributed by atoms with van der Waals surface area (Å²) in [6.07, 6.45) is 4.59. The second-order valence-electron chi connectivity index (χ2n) is 8.63. The van der Waals surface area contributed by atoms with Gasteiger partial charge in [0.1, 0.15) is 11.5 Å². The molecule has 1 heterocycles. The Morgan fingerprint density at radius 1 is 0.722 bits per heavy atom. The van der Waals surface area contributed by atoms with E-state index in [0.717, 1.165) is 31.6 Å². The molecule has 1 aliphatic rings. The molecule has 1 aliphatic heterocycles. The lowest BCUT2D eigenvalue weighted by Gasteiger charge is -2.26. The number of methoxy groups -OCH3 is 2. The summed E-state index contributed by atoms with van der Waals surface area (Å²) in [5.74, 6) is 0.929. The van der Waals surface area contributed by atoms with Crippen molar-refractivity contribution in [3.63, 3.8) is 0 Å². The van der Waals surface area contributed by atoms with Crippen LogP contribution in [-0.2, 0) is 0 Å². The maximum atomic E-state index is 13.0. The Labute approximate surface area is 211 Å². The summed E-state index contributed by atoms with van der Waals surface area (Å²) in [6.45, 7) is 1.83. The first-order chi connectivity index (χ1) is 17.6. The van der Waals surface area contributed by atoms with Crippen LogP contribution >= 0.6 is 0 Å². The number of benzene rings is 3. The molecule has 8 nitrogen and oxygen atoms in total. The molecule has 0 unspecified atom stereocenters. The maximum Gasteiger partial charge on any atom is 0.323 e. The van der Waals surface area contributed by atoms with Gasteiger partial charge >= 0.3 is 6.03 Å². The van der Waals surface area contributed by atoms with Gasteiger partial charge in [-0.05, 0) is 43.2 Å². The second kappa shape index (κ2) is 12.0. The number of rotatable bonds is 7. The van der Waals surface area contributed by atoms with Crippen LogP contribution in [0, 0.1) is 0 Å². The average Bonchev–Trinajstić information content (AvgIpc) is 3.18. The number of anilines is 4. The van der Waals surface area contributed by atoms with Crippen LogP contribution in [0.15, 0.2) is 66.7 Å². The van der Waals surface area contributed by atoms with Gasteiger partial charge in [-0.1, -0.05) is 31.0 Å². The summed E-state index contributed by atoms with van der Waals surface area (Å²) in [6, 6.07) is 19.4.